The van der Waals surface area contributed by atoms with Crippen LogP contribution in [0.25, 0.3) is 0 Å². The molecule has 0 radical (unpaired) electrons. The number of phenolic OH excluding ortho intramolecular Hbond substituents is 1. The predicted octanol–water partition coefficient (Wildman–Crippen LogP) is 5.48. The molecule has 2 aromatic carbocycles. The van der Waals surface area contributed by atoms with Crippen LogP contribution >= 0.6 is 0 Å². The summed E-state index contributed by atoms with van der Waals surface area (Å²) < 4.78 is 5.00. The van der Waals surface area contributed by atoms with Crippen LogP contribution < -0.4 is 11.1 Å². The summed E-state index contributed by atoms with van der Waals surface area (Å²) in [7, 11) is 0. The molecule has 0 saturated carbocycles. The van der Waals surface area contributed by atoms with Crippen LogP contribution in [-0.4, -0.2) is 71.4 Å². The van der Waals surface area contributed by atoms with Crippen LogP contribution in [0.15, 0.2) is 54.6 Å². The molecule has 2 aromatic rings. The minimum atomic E-state index is -0.876. The van der Waals surface area contributed by atoms with Crippen molar-refractivity contribution in [3.8, 4) is 5.75 Å². The first-order chi connectivity index (χ1) is 22.1. The lowest BCUT2D eigenvalue weighted by Crippen LogP contribution is -2.69. The monoisotopic (exact) mass is 642 g/mol. The summed E-state index contributed by atoms with van der Waals surface area (Å²) in [6, 6.07) is 16.4. The molecule has 0 aromatic heterocycles. The summed E-state index contributed by atoms with van der Waals surface area (Å²) in [6.45, 7) is 10.8. The fourth-order valence-corrected chi connectivity index (χ4v) is 4.69. The predicted molar refractivity (Wildman–Crippen MR) is 178 cm³/mol. The molecular weight excluding hydrogens is 588 g/mol. The van der Waals surface area contributed by atoms with Crippen molar-refractivity contribution in [1.29, 1.82) is 0 Å². The van der Waals surface area contributed by atoms with E-state index in [1.165, 1.54) is 55.4 Å². The first-order valence-corrected chi connectivity index (χ1v) is 16.2. The smallest absolute Gasteiger partial charge is 0.436 e. The van der Waals surface area contributed by atoms with E-state index in [0.29, 0.717) is 12.2 Å². The van der Waals surface area contributed by atoms with Gasteiger partial charge in [0.25, 0.3) is 5.91 Å². The molecule has 11 heteroatoms. The number of benzene rings is 2. The highest BCUT2D eigenvalue weighted by atomic mass is 16.7. The van der Waals surface area contributed by atoms with Crippen molar-refractivity contribution in [2.75, 3.05) is 19.7 Å². The summed E-state index contributed by atoms with van der Waals surface area (Å²) in [5.74, 6) is 0.666. The van der Waals surface area contributed by atoms with Gasteiger partial charge in [0.15, 0.2) is 12.3 Å². The average Bonchev–Trinajstić information content (AvgIpc) is 3.03. The van der Waals surface area contributed by atoms with Crippen LogP contribution in [-0.2, 0) is 30.4 Å². The van der Waals surface area contributed by atoms with E-state index < -0.39 is 18.4 Å². The van der Waals surface area contributed by atoms with Crippen LogP contribution in [0.1, 0.15) is 83.8 Å². The number of unbranched alkanes of at least 4 members (excludes halogenated alkanes) is 5. The number of piperazine rings is 1. The second-order valence-corrected chi connectivity index (χ2v) is 11.5. The second kappa shape index (κ2) is 23.3. The molecule has 2 aliphatic heterocycles. The van der Waals surface area contributed by atoms with Gasteiger partial charge in [-0.1, -0.05) is 114 Å². The molecule has 0 spiro atoms. The number of ether oxygens (including phenoxy) is 1. The van der Waals surface area contributed by atoms with Crippen molar-refractivity contribution in [1.82, 2.24) is 15.3 Å². The van der Waals surface area contributed by atoms with Gasteiger partial charge in [0, 0.05) is 6.42 Å². The van der Waals surface area contributed by atoms with Crippen molar-refractivity contribution >= 4 is 24.3 Å². The molecule has 11 nitrogen and oxygen atoms in total. The zero-order valence-corrected chi connectivity index (χ0v) is 28.2. The Kier molecular flexibility index (Phi) is 20.2. The first kappa shape index (κ1) is 39.9. The van der Waals surface area contributed by atoms with E-state index in [9.17, 15) is 14.4 Å². The van der Waals surface area contributed by atoms with Crippen LogP contribution in [0.4, 0.5) is 4.79 Å². The lowest BCUT2D eigenvalue weighted by atomic mass is 10.0. The van der Waals surface area contributed by atoms with Gasteiger partial charge in [-0.2, -0.15) is 5.06 Å². The maximum Gasteiger partial charge on any atom is 0.436 e. The Morgan fingerprint density at radius 2 is 1.65 bits per heavy atom. The van der Waals surface area contributed by atoms with Gasteiger partial charge in [0.05, 0.1) is 13.2 Å². The summed E-state index contributed by atoms with van der Waals surface area (Å²) in [6.07, 6.45) is 8.35. The number of nitrogens with one attached hydrogen (secondary N) is 1. The van der Waals surface area contributed by atoms with Gasteiger partial charge in [-0.25, -0.2) is 4.79 Å². The maximum atomic E-state index is 12.7. The van der Waals surface area contributed by atoms with Crippen molar-refractivity contribution in [3.63, 3.8) is 0 Å². The number of aryl methyl sites for hydroxylation is 1. The third kappa shape index (κ3) is 15.7. The van der Waals surface area contributed by atoms with Crippen LogP contribution in [0.5, 0.6) is 5.75 Å². The number of hydrogen-bond donors (Lipinski definition) is 3. The highest BCUT2D eigenvalue weighted by Gasteiger charge is 2.47. The number of primary amides is 1. The molecule has 46 heavy (non-hydrogen) atoms. The van der Waals surface area contributed by atoms with E-state index in [2.05, 4.69) is 31.8 Å². The number of fused-ring (bicyclic) bond motifs is 1. The summed E-state index contributed by atoms with van der Waals surface area (Å²) in [5, 5.41) is 12.4. The number of amides is 4. The molecule has 4 amide bonds. The van der Waals surface area contributed by atoms with Gasteiger partial charge >= 0.3 is 6.09 Å². The lowest BCUT2D eigenvalue weighted by molar-refractivity contribution is -0.254. The van der Waals surface area contributed by atoms with E-state index >= 15 is 0 Å². The minimum Gasteiger partial charge on any atom is -0.508 e. The van der Waals surface area contributed by atoms with Crippen LogP contribution in [0.2, 0.25) is 0 Å². The third-order valence-electron chi connectivity index (χ3n) is 7.11. The molecule has 2 saturated heterocycles. The Morgan fingerprint density at radius 1 is 1.04 bits per heavy atom. The van der Waals surface area contributed by atoms with Gasteiger partial charge in [0.2, 0.25) is 12.3 Å². The number of carbonyl (C=O) groups is 4. The topological polar surface area (TPSA) is 152 Å². The quantitative estimate of drug-likeness (QED) is 0.229. The van der Waals surface area contributed by atoms with Gasteiger partial charge < -0.3 is 25.8 Å². The van der Waals surface area contributed by atoms with Crippen molar-refractivity contribution in [2.45, 2.75) is 98.3 Å². The van der Waals surface area contributed by atoms with E-state index in [1.807, 2.05) is 49.4 Å². The van der Waals surface area contributed by atoms with Gasteiger partial charge in [-0.05, 0) is 37.5 Å². The SMILES string of the molecule is CCCCCCCCC(C)C.CCOC(=O)N1OC(Cc2ccccc2)C(=O)N2CC(=O)NCC21.Cc1ccc(O)cc1.NC=O. The van der Waals surface area contributed by atoms with Gasteiger partial charge in [-0.15, -0.1) is 0 Å². The normalized spacial score (nSPS) is 16.7. The number of rotatable bonds is 10. The summed E-state index contributed by atoms with van der Waals surface area (Å²) >= 11 is 0. The van der Waals surface area contributed by atoms with Crippen molar-refractivity contribution in [3.05, 3.63) is 65.7 Å². The van der Waals surface area contributed by atoms with Crippen molar-refractivity contribution < 1.29 is 33.9 Å². The number of aromatic hydroxyl groups is 1. The zero-order valence-electron chi connectivity index (χ0n) is 28.2. The van der Waals surface area contributed by atoms with Crippen molar-refractivity contribution in [2.24, 2.45) is 11.7 Å². The summed E-state index contributed by atoms with van der Waals surface area (Å²) in [4.78, 5) is 52.1. The number of hydroxylamine groups is 2. The highest BCUT2D eigenvalue weighted by molar-refractivity contribution is 5.89. The number of phenols is 1. The van der Waals surface area contributed by atoms with Gasteiger partial charge in [0.1, 0.15) is 12.3 Å². The standard InChI is InChI=1S/C16H19N3O5.C11H24.C7H8O.CH3NO/c1-2-23-16(22)19-14-9-17-13(20)10-18(14)15(21)12(24-19)8-11-6-4-3-5-7-11;1-4-5-6-7-8-9-10-11(2)3;1-6-2-4-7(8)5-3-6;2-1-3/h3-7,12,14H,2,8-10H2,1H3,(H,17,20);11H,4-10H2,1-3H3;2-5,8H,1H3;1H,(H2,2,3). The molecule has 2 atom stereocenters. The number of carbonyl (C=O) groups excluding carboxylic acids is 4. The molecule has 256 valence electrons. The van der Waals surface area contributed by atoms with Crippen LogP contribution in [0.3, 0.4) is 0 Å². The number of nitrogens with two attached hydrogens (primary N) is 1. The Hall–Kier alpha value is -4.12. The molecular formula is C35H54N4O7. The fraction of sp³-hybridized carbons (Fsp3) is 0.543. The Morgan fingerprint density at radius 3 is 2.22 bits per heavy atom. The van der Waals surface area contributed by atoms with E-state index in [-0.39, 0.29) is 37.9 Å². The molecule has 0 bridgehead atoms. The van der Waals surface area contributed by atoms with Crippen LogP contribution in [0, 0.1) is 12.8 Å². The molecule has 2 aliphatic rings. The number of hydrogen-bond acceptors (Lipinski definition) is 7. The Bertz CT molecular complexity index is 1120. The molecule has 0 aliphatic carbocycles. The van der Waals surface area contributed by atoms with E-state index in [1.54, 1.807) is 19.1 Å². The molecule has 2 fully saturated rings. The van der Waals surface area contributed by atoms with Gasteiger partial charge in [-0.3, -0.25) is 19.2 Å². The second-order valence-electron chi connectivity index (χ2n) is 11.5. The minimum absolute atomic E-state index is 0.103. The Balaban J connectivity index is 0.000000397. The fourth-order valence-electron chi connectivity index (χ4n) is 4.69. The van der Waals surface area contributed by atoms with E-state index in [4.69, 9.17) is 19.5 Å². The molecule has 4 rings (SSSR count). The lowest BCUT2D eigenvalue weighted by Gasteiger charge is -2.46. The molecule has 2 unspecified atom stereocenters. The molecule has 4 N–H and O–H groups in total. The number of nitrogens with zero attached hydrogens (tertiary/aromatic N) is 2. The first-order valence-electron chi connectivity index (χ1n) is 16.2. The van der Waals surface area contributed by atoms with E-state index in [0.717, 1.165) is 16.5 Å². The average molecular weight is 643 g/mol. The maximum absolute atomic E-state index is 12.7. The summed E-state index contributed by atoms with van der Waals surface area (Å²) in [5.41, 5.74) is 6.24. The zero-order chi connectivity index (χ0) is 34.3. The third-order valence-corrected chi connectivity index (χ3v) is 7.11. The highest BCUT2D eigenvalue weighted by Crippen LogP contribution is 2.23. The molecule has 2 heterocycles. The Labute approximate surface area is 274 Å². The largest absolute Gasteiger partial charge is 0.508 e.